The molecule has 21 heavy (non-hydrogen) atoms. The predicted octanol–water partition coefficient (Wildman–Crippen LogP) is 1.41. The first kappa shape index (κ1) is 14.9. The lowest BCUT2D eigenvalue weighted by molar-refractivity contribution is -0.120. The first-order valence-corrected chi connectivity index (χ1v) is 7.10. The van der Waals surface area contributed by atoms with Crippen molar-refractivity contribution in [3.8, 4) is 0 Å². The Kier molecular flexibility index (Phi) is 5.16. The fourth-order valence-electron chi connectivity index (χ4n) is 1.49. The lowest BCUT2D eigenvalue weighted by Crippen LogP contribution is -2.35. The zero-order valence-electron chi connectivity index (χ0n) is 11.4. The number of carbonyl (C=O) groups is 2. The molecule has 0 aliphatic carbocycles. The quantitative estimate of drug-likeness (QED) is 0.647. The van der Waals surface area contributed by atoms with E-state index in [9.17, 15) is 9.59 Å². The van der Waals surface area contributed by atoms with Crippen LogP contribution in [-0.2, 0) is 4.79 Å². The van der Waals surface area contributed by atoms with E-state index in [0.717, 1.165) is 10.6 Å². The van der Waals surface area contributed by atoms with Gasteiger partial charge in [-0.25, -0.2) is 5.43 Å². The fraction of sp³-hybridized carbons (Fsp3) is 0.143. The van der Waals surface area contributed by atoms with Crippen molar-refractivity contribution in [1.82, 2.24) is 15.7 Å². The van der Waals surface area contributed by atoms with Gasteiger partial charge in [0, 0.05) is 22.8 Å². The van der Waals surface area contributed by atoms with Crippen LogP contribution >= 0.6 is 11.3 Å². The Morgan fingerprint density at radius 2 is 2.05 bits per heavy atom. The predicted molar refractivity (Wildman–Crippen MR) is 81.2 cm³/mol. The molecule has 6 nitrogen and oxygen atoms in total. The van der Waals surface area contributed by atoms with Gasteiger partial charge in [0.2, 0.25) is 0 Å². The van der Waals surface area contributed by atoms with Gasteiger partial charge in [-0.15, -0.1) is 11.3 Å². The maximum absolute atomic E-state index is 11.7. The van der Waals surface area contributed by atoms with Gasteiger partial charge >= 0.3 is 0 Å². The van der Waals surface area contributed by atoms with E-state index in [4.69, 9.17) is 0 Å². The van der Waals surface area contributed by atoms with Gasteiger partial charge in [-0.3, -0.25) is 14.6 Å². The summed E-state index contributed by atoms with van der Waals surface area (Å²) < 4.78 is 0. The molecular weight excluding hydrogens is 288 g/mol. The van der Waals surface area contributed by atoms with Crippen LogP contribution in [0.1, 0.15) is 22.2 Å². The topological polar surface area (TPSA) is 83.5 Å². The standard InChI is InChI=1S/C14H14N4O2S/c1-10(12-3-2-8-21-12)17-18-13(19)9-16-14(20)11-4-6-15-7-5-11/h2-8H,9H2,1H3,(H,16,20)(H,18,19)/b17-10-. The van der Waals surface area contributed by atoms with Gasteiger partial charge in [-0.1, -0.05) is 6.07 Å². The van der Waals surface area contributed by atoms with Crippen molar-refractivity contribution in [2.45, 2.75) is 6.92 Å². The van der Waals surface area contributed by atoms with Crippen molar-refractivity contribution >= 4 is 28.9 Å². The number of aromatic nitrogens is 1. The third kappa shape index (κ3) is 4.50. The molecule has 0 radical (unpaired) electrons. The fourth-order valence-corrected chi connectivity index (χ4v) is 2.17. The number of amides is 2. The Morgan fingerprint density at radius 1 is 1.29 bits per heavy atom. The molecule has 7 heteroatoms. The van der Waals surface area contributed by atoms with Crippen LogP contribution in [0.2, 0.25) is 0 Å². The average Bonchev–Trinajstić information content (AvgIpc) is 3.05. The van der Waals surface area contributed by atoms with Gasteiger partial charge in [0.05, 0.1) is 12.3 Å². The molecule has 2 rings (SSSR count). The first-order chi connectivity index (χ1) is 10.2. The van der Waals surface area contributed by atoms with E-state index in [2.05, 4.69) is 20.8 Å². The smallest absolute Gasteiger partial charge is 0.259 e. The van der Waals surface area contributed by atoms with Gasteiger partial charge < -0.3 is 5.32 Å². The van der Waals surface area contributed by atoms with Crippen LogP contribution in [0.4, 0.5) is 0 Å². The number of nitrogens with zero attached hydrogens (tertiary/aromatic N) is 2. The zero-order chi connectivity index (χ0) is 15.1. The molecule has 0 spiro atoms. The number of rotatable bonds is 5. The van der Waals surface area contributed by atoms with Crippen LogP contribution in [0.15, 0.2) is 47.1 Å². The summed E-state index contributed by atoms with van der Waals surface area (Å²) in [6, 6.07) is 6.98. The molecule has 0 aliphatic rings. The van der Waals surface area contributed by atoms with Crippen molar-refractivity contribution in [3.05, 3.63) is 52.5 Å². The number of hydrazone groups is 1. The number of thiophene rings is 1. The van der Waals surface area contributed by atoms with Gasteiger partial charge in [0.15, 0.2) is 0 Å². The van der Waals surface area contributed by atoms with E-state index in [0.29, 0.717) is 5.56 Å². The van der Waals surface area contributed by atoms with E-state index >= 15 is 0 Å². The normalized spacial score (nSPS) is 11.0. The van der Waals surface area contributed by atoms with Gasteiger partial charge in [0.1, 0.15) is 0 Å². The van der Waals surface area contributed by atoms with Crippen LogP contribution in [0.3, 0.4) is 0 Å². The van der Waals surface area contributed by atoms with E-state index in [1.54, 1.807) is 23.5 Å². The van der Waals surface area contributed by atoms with Crippen molar-refractivity contribution in [1.29, 1.82) is 0 Å². The highest BCUT2D eigenvalue weighted by atomic mass is 32.1. The molecule has 0 aromatic carbocycles. The number of hydrogen-bond donors (Lipinski definition) is 2. The minimum Gasteiger partial charge on any atom is -0.343 e. The molecule has 2 N–H and O–H groups in total. The molecule has 0 saturated carbocycles. The highest BCUT2D eigenvalue weighted by molar-refractivity contribution is 7.12. The summed E-state index contributed by atoms with van der Waals surface area (Å²) in [4.78, 5) is 28.1. The third-order valence-corrected chi connectivity index (χ3v) is 3.56. The Morgan fingerprint density at radius 3 is 2.71 bits per heavy atom. The maximum atomic E-state index is 11.7. The van der Waals surface area contributed by atoms with E-state index in [1.807, 2.05) is 24.4 Å². The molecule has 108 valence electrons. The molecule has 0 bridgehead atoms. The van der Waals surface area contributed by atoms with Crippen molar-refractivity contribution in [2.24, 2.45) is 5.10 Å². The van der Waals surface area contributed by atoms with E-state index in [-0.39, 0.29) is 18.4 Å². The van der Waals surface area contributed by atoms with Crippen molar-refractivity contribution in [3.63, 3.8) is 0 Å². The summed E-state index contributed by atoms with van der Waals surface area (Å²) in [7, 11) is 0. The molecule has 2 aromatic rings. The van der Waals surface area contributed by atoms with Crippen LogP contribution in [-0.4, -0.2) is 29.1 Å². The Bertz CT molecular complexity index is 638. The van der Waals surface area contributed by atoms with E-state index < -0.39 is 0 Å². The van der Waals surface area contributed by atoms with Crippen molar-refractivity contribution < 1.29 is 9.59 Å². The lowest BCUT2D eigenvalue weighted by Gasteiger charge is -2.04. The zero-order valence-corrected chi connectivity index (χ0v) is 12.2. The summed E-state index contributed by atoms with van der Waals surface area (Å²) >= 11 is 1.54. The van der Waals surface area contributed by atoms with Crippen LogP contribution in [0, 0.1) is 0 Å². The average molecular weight is 302 g/mol. The highest BCUT2D eigenvalue weighted by Crippen LogP contribution is 2.09. The van der Waals surface area contributed by atoms with E-state index in [1.165, 1.54) is 12.4 Å². The molecule has 2 aromatic heterocycles. The molecule has 0 unspecified atom stereocenters. The molecule has 0 atom stereocenters. The number of carbonyl (C=O) groups excluding carboxylic acids is 2. The van der Waals surface area contributed by atoms with Gasteiger partial charge in [-0.05, 0) is 30.5 Å². The summed E-state index contributed by atoms with van der Waals surface area (Å²) in [5.74, 6) is -0.708. The van der Waals surface area contributed by atoms with Crippen molar-refractivity contribution in [2.75, 3.05) is 6.54 Å². The second kappa shape index (κ2) is 7.30. The summed E-state index contributed by atoms with van der Waals surface area (Å²) in [5, 5.41) is 8.43. The molecule has 0 aliphatic heterocycles. The van der Waals surface area contributed by atoms with Crippen LogP contribution in [0.25, 0.3) is 0 Å². The minimum atomic E-state index is -0.381. The largest absolute Gasteiger partial charge is 0.343 e. The second-order valence-electron chi connectivity index (χ2n) is 4.13. The molecule has 0 saturated heterocycles. The minimum absolute atomic E-state index is 0.137. The number of nitrogens with one attached hydrogen (secondary N) is 2. The Hall–Kier alpha value is -2.54. The third-order valence-electron chi connectivity index (χ3n) is 2.58. The lowest BCUT2D eigenvalue weighted by atomic mass is 10.2. The monoisotopic (exact) mass is 302 g/mol. The number of hydrogen-bond acceptors (Lipinski definition) is 5. The summed E-state index contributed by atoms with van der Waals surface area (Å²) in [6.07, 6.45) is 3.04. The van der Waals surface area contributed by atoms with Gasteiger partial charge in [0.25, 0.3) is 11.8 Å². The second-order valence-corrected chi connectivity index (χ2v) is 5.08. The molecule has 2 heterocycles. The van der Waals surface area contributed by atoms with Crippen LogP contribution < -0.4 is 10.7 Å². The SMILES string of the molecule is C/C(=N/NC(=O)CNC(=O)c1ccncc1)c1cccs1. The maximum Gasteiger partial charge on any atom is 0.259 e. The highest BCUT2D eigenvalue weighted by Gasteiger charge is 2.07. The van der Waals surface area contributed by atoms with Gasteiger partial charge in [-0.2, -0.15) is 5.10 Å². The van der Waals surface area contributed by atoms with Crippen LogP contribution in [0.5, 0.6) is 0 Å². The molecule has 2 amide bonds. The Balaban J connectivity index is 1.80. The molecule has 0 fully saturated rings. The Labute approximate surface area is 125 Å². The number of pyridine rings is 1. The summed E-state index contributed by atoms with van der Waals surface area (Å²) in [6.45, 7) is 1.67. The first-order valence-electron chi connectivity index (χ1n) is 6.22. The summed E-state index contributed by atoms with van der Waals surface area (Å²) in [5.41, 5.74) is 3.58. The molecular formula is C14H14N4O2S.